The van der Waals surface area contributed by atoms with Gasteiger partial charge in [0.05, 0.1) is 5.52 Å². The van der Waals surface area contributed by atoms with Gasteiger partial charge >= 0.3 is 0 Å². The van der Waals surface area contributed by atoms with Gasteiger partial charge in [-0.1, -0.05) is 48.5 Å². The third-order valence-corrected chi connectivity index (χ3v) is 3.98. The number of nitrogens with one attached hydrogen (secondary N) is 1. The van der Waals surface area contributed by atoms with E-state index in [4.69, 9.17) is 4.98 Å². The quantitative estimate of drug-likeness (QED) is 0.735. The molecule has 2 heterocycles. The van der Waals surface area contributed by atoms with Crippen molar-refractivity contribution in [2.45, 2.75) is 13.0 Å². The Morgan fingerprint density at radius 2 is 1.67 bits per heavy atom. The first-order chi connectivity index (χ1) is 9.93. The van der Waals surface area contributed by atoms with E-state index in [1.54, 1.807) is 0 Å². The second-order valence-electron chi connectivity index (χ2n) is 5.22. The number of nitrogens with zero attached hydrogens (tertiary/aromatic N) is 1. The number of rotatable bonds is 1. The summed E-state index contributed by atoms with van der Waals surface area (Å²) in [6, 6.07) is 19.1. The van der Waals surface area contributed by atoms with Crippen LogP contribution >= 0.6 is 12.4 Å². The molecule has 21 heavy (non-hydrogen) atoms. The largest absolute Gasteiger partial charge is 0.312 e. The van der Waals surface area contributed by atoms with Gasteiger partial charge in [-0.2, -0.15) is 0 Å². The molecule has 0 unspecified atom stereocenters. The van der Waals surface area contributed by atoms with Crippen LogP contribution in [0.2, 0.25) is 0 Å². The van der Waals surface area contributed by atoms with Crippen LogP contribution < -0.4 is 5.32 Å². The summed E-state index contributed by atoms with van der Waals surface area (Å²) in [6.07, 6.45) is 1.01. The number of hydrogen-bond donors (Lipinski definition) is 1. The van der Waals surface area contributed by atoms with E-state index in [-0.39, 0.29) is 12.4 Å². The molecule has 0 saturated heterocycles. The van der Waals surface area contributed by atoms with Gasteiger partial charge in [-0.15, -0.1) is 12.4 Å². The van der Waals surface area contributed by atoms with Gasteiger partial charge in [0.2, 0.25) is 0 Å². The standard InChI is InChI=1S/C18H16N2.ClH/c1-2-6-13(7-3-1)18-14-8-4-5-9-16(14)20-17-10-11-19-12-15(17)18;/h1-9,19H,10-12H2;1H. The van der Waals surface area contributed by atoms with Crippen LogP contribution in [0.15, 0.2) is 54.6 Å². The fraction of sp³-hybridized carbons (Fsp3) is 0.167. The van der Waals surface area contributed by atoms with E-state index in [1.165, 1.54) is 27.8 Å². The van der Waals surface area contributed by atoms with Crippen LogP contribution in [0.3, 0.4) is 0 Å². The van der Waals surface area contributed by atoms with Crippen LogP contribution in [0.1, 0.15) is 11.3 Å². The number of hydrogen-bond acceptors (Lipinski definition) is 2. The van der Waals surface area contributed by atoms with Crippen molar-refractivity contribution < 1.29 is 0 Å². The zero-order chi connectivity index (χ0) is 13.4. The number of aromatic nitrogens is 1. The fourth-order valence-electron chi connectivity index (χ4n) is 3.05. The molecule has 3 aromatic rings. The molecule has 1 aromatic heterocycles. The lowest BCUT2D eigenvalue weighted by molar-refractivity contribution is 0.634. The second-order valence-corrected chi connectivity index (χ2v) is 5.22. The average Bonchev–Trinajstić information content (AvgIpc) is 2.53. The van der Waals surface area contributed by atoms with E-state index >= 15 is 0 Å². The zero-order valence-corrected chi connectivity index (χ0v) is 12.5. The summed E-state index contributed by atoms with van der Waals surface area (Å²) in [6.45, 7) is 1.93. The molecular formula is C18H17ClN2. The van der Waals surface area contributed by atoms with Crippen LogP contribution in [0.5, 0.6) is 0 Å². The van der Waals surface area contributed by atoms with E-state index in [9.17, 15) is 0 Å². The molecule has 3 heteroatoms. The Morgan fingerprint density at radius 3 is 2.52 bits per heavy atom. The van der Waals surface area contributed by atoms with E-state index < -0.39 is 0 Å². The predicted octanol–water partition coefficient (Wildman–Crippen LogP) is 3.97. The minimum atomic E-state index is 0. The van der Waals surface area contributed by atoms with Crippen molar-refractivity contribution in [3.8, 4) is 11.1 Å². The first-order valence-corrected chi connectivity index (χ1v) is 7.10. The van der Waals surface area contributed by atoms with Crippen molar-refractivity contribution in [1.29, 1.82) is 0 Å². The predicted molar refractivity (Wildman–Crippen MR) is 89.8 cm³/mol. The van der Waals surface area contributed by atoms with Gasteiger partial charge in [0, 0.05) is 30.6 Å². The van der Waals surface area contributed by atoms with Crippen molar-refractivity contribution >= 4 is 23.3 Å². The van der Waals surface area contributed by atoms with E-state index in [0.717, 1.165) is 25.0 Å². The molecule has 0 spiro atoms. The minimum absolute atomic E-state index is 0. The highest BCUT2D eigenvalue weighted by Gasteiger charge is 2.18. The Balaban J connectivity index is 0.00000132. The summed E-state index contributed by atoms with van der Waals surface area (Å²) >= 11 is 0. The lowest BCUT2D eigenvalue weighted by atomic mass is 9.92. The Hall–Kier alpha value is -1.90. The first kappa shape index (κ1) is 14.1. The first-order valence-electron chi connectivity index (χ1n) is 7.10. The molecule has 1 aliphatic heterocycles. The topological polar surface area (TPSA) is 24.9 Å². The fourth-order valence-corrected chi connectivity index (χ4v) is 3.05. The van der Waals surface area contributed by atoms with Gasteiger partial charge in [0.15, 0.2) is 0 Å². The minimum Gasteiger partial charge on any atom is -0.312 e. The molecule has 0 atom stereocenters. The summed E-state index contributed by atoms with van der Waals surface area (Å²) in [4.78, 5) is 4.86. The smallest absolute Gasteiger partial charge is 0.0711 e. The van der Waals surface area contributed by atoms with Gasteiger partial charge < -0.3 is 5.32 Å². The number of para-hydroxylation sites is 1. The third-order valence-electron chi connectivity index (χ3n) is 3.98. The Bertz CT molecular complexity index is 769. The molecule has 0 radical (unpaired) electrons. The van der Waals surface area contributed by atoms with Gasteiger partial charge in [-0.25, -0.2) is 0 Å². The lowest BCUT2D eigenvalue weighted by Gasteiger charge is -2.21. The SMILES string of the molecule is Cl.c1ccc(-c2c3c(nc4ccccc24)CCNC3)cc1. The van der Waals surface area contributed by atoms with Crippen LogP contribution in [0, 0.1) is 0 Å². The molecule has 2 nitrogen and oxygen atoms in total. The molecule has 1 N–H and O–H groups in total. The Morgan fingerprint density at radius 1 is 0.905 bits per heavy atom. The average molecular weight is 297 g/mol. The van der Waals surface area contributed by atoms with Crippen molar-refractivity contribution in [2.24, 2.45) is 0 Å². The highest BCUT2D eigenvalue weighted by molar-refractivity contribution is 5.96. The zero-order valence-electron chi connectivity index (χ0n) is 11.7. The van der Waals surface area contributed by atoms with Crippen molar-refractivity contribution in [1.82, 2.24) is 10.3 Å². The van der Waals surface area contributed by atoms with Gasteiger partial charge in [-0.3, -0.25) is 4.98 Å². The van der Waals surface area contributed by atoms with Gasteiger partial charge in [-0.05, 0) is 22.8 Å². The summed E-state index contributed by atoms with van der Waals surface area (Å²) in [7, 11) is 0. The summed E-state index contributed by atoms with van der Waals surface area (Å²) in [5.74, 6) is 0. The number of benzene rings is 2. The molecule has 0 bridgehead atoms. The van der Waals surface area contributed by atoms with Crippen LogP contribution in [-0.4, -0.2) is 11.5 Å². The summed E-state index contributed by atoms with van der Waals surface area (Å²) < 4.78 is 0. The molecular weight excluding hydrogens is 280 g/mol. The van der Waals surface area contributed by atoms with E-state index in [0.29, 0.717) is 0 Å². The lowest BCUT2D eigenvalue weighted by Crippen LogP contribution is -2.25. The van der Waals surface area contributed by atoms with Crippen molar-refractivity contribution in [2.75, 3.05) is 6.54 Å². The maximum atomic E-state index is 4.86. The monoisotopic (exact) mass is 296 g/mol. The Labute approximate surface area is 130 Å². The van der Waals surface area contributed by atoms with Crippen molar-refractivity contribution in [3.05, 3.63) is 65.9 Å². The highest BCUT2D eigenvalue weighted by Crippen LogP contribution is 2.34. The van der Waals surface area contributed by atoms with Crippen LogP contribution in [0.25, 0.3) is 22.0 Å². The normalized spacial score (nSPS) is 13.5. The Kier molecular flexibility index (Phi) is 3.91. The van der Waals surface area contributed by atoms with E-state index in [2.05, 4.69) is 59.9 Å². The molecule has 1 aliphatic rings. The molecule has 2 aromatic carbocycles. The maximum Gasteiger partial charge on any atom is 0.0711 e. The molecule has 106 valence electrons. The van der Waals surface area contributed by atoms with Crippen LogP contribution in [-0.2, 0) is 13.0 Å². The third kappa shape index (κ3) is 2.41. The molecule has 4 rings (SSSR count). The summed E-state index contributed by atoms with van der Waals surface area (Å²) in [5.41, 5.74) is 6.35. The van der Waals surface area contributed by atoms with E-state index in [1.807, 2.05) is 0 Å². The molecule has 0 saturated carbocycles. The number of fused-ring (bicyclic) bond motifs is 2. The molecule has 0 fully saturated rings. The maximum absolute atomic E-state index is 4.86. The second kappa shape index (κ2) is 5.84. The highest BCUT2D eigenvalue weighted by atomic mass is 35.5. The number of halogens is 1. The molecule has 0 amide bonds. The number of pyridine rings is 1. The van der Waals surface area contributed by atoms with Gasteiger partial charge in [0.25, 0.3) is 0 Å². The van der Waals surface area contributed by atoms with Gasteiger partial charge in [0.1, 0.15) is 0 Å². The van der Waals surface area contributed by atoms with Crippen molar-refractivity contribution in [3.63, 3.8) is 0 Å². The van der Waals surface area contributed by atoms with Crippen LogP contribution in [0.4, 0.5) is 0 Å². The summed E-state index contributed by atoms with van der Waals surface area (Å²) in [5, 5.41) is 4.73. The molecule has 0 aliphatic carbocycles.